The molecule has 0 saturated carbocycles. The van der Waals surface area contributed by atoms with Gasteiger partial charge in [-0.2, -0.15) is 0 Å². The van der Waals surface area contributed by atoms with Crippen LogP contribution < -0.4 is 10.1 Å². The molecule has 0 aromatic heterocycles. The number of unbranched alkanes of at least 4 members (excludes halogenated alkanes) is 3. The molecule has 0 aliphatic carbocycles. The fourth-order valence-electron chi connectivity index (χ4n) is 4.12. The number of carboxylic acids is 1. The minimum atomic E-state index is -0.993. The van der Waals surface area contributed by atoms with Gasteiger partial charge in [0.05, 0.1) is 0 Å². The molecule has 2 unspecified atom stereocenters. The fourth-order valence-corrected chi connectivity index (χ4v) is 4.12. The van der Waals surface area contributed by atoms with Crippen LogP contribution in [0.5, 0.6) is 5.75 Å². The maximum Gasteiger partial charge on any atom is 0.345 e. The number of hydrogen-bond acceptors (Lipinski definition) is 3. The smallest absolute Gasteiger partial charge is 0.345 e. The van der Waals surface area contributed by atoms with Crippen LogP contribution in [0.2, 0.25) is 0 Å². The van der Waals surface area contributed by atoms with Gasteiger partial charge in [0.1, 0.15) is 5.75 Å². The van der Waals surface area contributed by atoms with Gasteiger partial charge >= 0.3 is 5.97 Å². The van der Waals surface area contributed by atoms with Crippen LogP contribution in [-0.4, -0.2) is 23.1 Å². The van der Waals surface area contributed by atoms with Gasteiger partial charge in [0.2, 0.25) is 5.91 Å². The zero-order valence-corrected chi connectivity index (χ0v) is 21.3. The van der Waals surface area contributed by atoms with Crippen LogP contribution in [0.15, 0.2) is 78.9 Å². The lowest BCUT2D eigenvalue weighted by Crippen LogP contribution is -2.29. The van der Waals surface area contributed by atoms with Crippen molar-refractivity contribution in [1.29, 1.82) is 0 Å². The van der Waals surface area contributed by atoms with Gasteiger partial charge in [0, 0.05) is 18.9 Å². The van der Waals surface area contributed by atoms with Crippen molar-refractivity contribution in [2.45, 2.75) is 65.0 Å². The quantitative estimate of drug-likeness (QED) is 0.250. The van der Waals surface area contributed by atoms with Crippen LogP contribution in [-0.2, 0) is 22.6 Å². The largest absolute Gasteiger partial charge is 0.478 e. The Kier molecular flexibility index (Phi) is 10.6. The van der Waals surface area contributed by atoms with Crippen molar-refractivity contribution in [2.75, 3.05) is 0 Å². The van der Waals surface area contributed by atoms with Crippen molar-refractivity contribution in [3.63, 3.8) is 0 Å². The summed E-state index contributed by atoms with van der Waals surface area (Å²) in [6.45, 7) is 4.69. The molecule has 0 fully saturated rings. The van der Waals surface area contributed by atoms with E-state index in [1.54, 1.807) is 12.1 Å². The third-order valence-electron chi connectivity index (χ3n) is 6.34. The predicted molar refractivity (Wildman–Crippen MR) is 144 cm³/mol. The second-order valence-electron chi connectivity index (χ2n) is 9.33. The molecule has 3 aromatic carbocycles. The second kappa shape index (κ2) is 14.1. The van der Waals surface area contributed by atoms with E-state index < -0.39 is 12.1 Å². The third kappa shape index (κ3) is 8.56. The summed E-state index contributed by atoms with van der Waals surface area (Å²) in [5.41, 5.74) is 4.02. The molecule has 0 aliphatic heterocycles. The summed E-state index contributed by atoms with van der Waals surface area (Å²) in [7, 11) is 0. The SMILES string of the molecule is CCCCCCC(C)C(=O)NCc1cccc(-c2ccc(CC(Oc3ccccc3)C(=O)O)cc2)c1. The van der Waals surface area contributed by atoms with Crippen LogP contribution in [0.25, 0.3) is 11.1 Å². The first-order valence-corrected chi connectivity index (χ1v) is 12.9. The summed E-state index contributed by atoms with van der Waals surface area (Å²) in [6.07, 6.45) is 4.95. The molecule has 0 saturated heterocycles. The lowest BCUT2D eigenvalue weighted by molar-refractivity contribution is -0.145. The average molecular weight is 488 g/mol. The summed E-state index contributed by atoms with van der Waals surface area (Å²) in [6, 6.07) is 25.0. The van der Waals surface area contributed by atoms with E-state index in [0.717, 1.165) is 35.1 Å². The van der Waals surface area contributed by atoms with Crippen molar-refractivity contribution in [3.05, 3.63) is 90.0 Å². The van der Waals surface area contributed by atoms with Crippen LogP contribution in [0, 0.1) is 5.92 Å². The highest BCUT2D eigenvalue weighted by atomic mass is 16.5. The summed E-state index contributed by atoms with van der Waals surface area (Å²) in [4.78, 5) is 24.2. The van der Waals surface area contributed by atoms with E-state index in [1.807, 2.05) is 67.6 Å². The fraction of sp³-hybridized carbons (Fsp3) is 0.355. The van der Waals surface area contributed by atoms with Gasteiger partial charge in [-0.25, -0.2) is 4.79 Å². The summed E-state index contributed by atoms with van der Waals surface area (Å²) < 4.78 is 5.67. The van der Waals surface area contributed by atoms with Gasteiger partial charge < -0.3 is 15.2 Å². The van der Waals surface area contributed by atoms with Gasteiger partial charge in [-0.1, -0.05) is 100 Å². The Hall–Kier alpha value is -3.60. The maximum atomic E-state index is 12.5. The van der Waals surface area contributed by atoms with E-state index in [1.165, 1.54) is 19.3 Å². The zero-order valence-electron chi connectivity index (χ0n) is 21.3. The molecule has 3 aromatic rings. The highest BCUT2D eigenvalue weighted by Crippen LogP contribution is 2.22. The minimum absolute atomic E-state index is 0.0260. The van der Waals surface area contributed by atoms with Crippen molar-refractivity contribution in [1.82, 2.24) is 5.32 Å². The molecule has 3 rings (SSSR count). The van der Waals surface area contributed by atoms with Crippen LogP contribution in [0.1, 0.15) is 57.1 Å². The standard InChI is InChI=1S/C31H37NO4/c1-3-4-5-7-11-23(2)30(33)32-22-25-12-10-13-27(20-25)26-18-16-24(17-19-26)21-29(31(34)35)36-28-14-8-6-9-15-28/h6,8-10,12-20,23,29H,3-5,7,11,21-22H2,1-2H3,(H,32,33)(H,34,35). The first-order chi connectivity index (χ1) is 17.5. The van der Waals surface area contributed by atoms with Gasteiger partial charge in [-0.05, 0) is 46.9 Å². The predicted octanol–water partition coefficient (Wildman–Crippen LogP) is 6.65. The lowest BCUT2D eigenvalue weighted by Gasteiger charge is -2.15. The number of rotatable bonds is 14. The van der Waals surface area contributed by atoms with Crippen molar-refractivity contribution < 1.29 is 19.4 Å². The van der Waals surface area contributed by atoms with E-state index in [4.69, 9.17) is 4.74 Å². The number of aliphatic carboxylic acids is 1. The first kappa shape index (κ1) is 27.0. The Morgan fingerprint density at radius 2 is 1.61 bits per heavy atom. The normalized spacial score (nSPS) is 12.5. The van der Waals surface area contributed by atoms with Crippen LogP contribution >= 0.6 is 0 Å². The maximum absolute atomic E-state index is 12.5. The van der Waals surface area contributed by atoms with Gasteiger partial charge in [-0.15, -0.1) is 0 Å². The molecule has 5 nitrogen and oxygen atoms in total. The first-order valence-electron chi connectivity index (χ1n) is 12.9. The highest BCUT2D eigenvalue weighted by Gasteiger charge is 2.20. The summed E-state index contributed by atoms with van der Waals surface area (Å²) in [5, 5.41) is 12.7. The van der Waals surface area contributed by atoms with E-state index in [-0.39, 0.29) is 18.2 Å². The van der Waals surface area contributed by atoms with E-state index in [0.29, 0.717) is 12.3 Å². The Bertz CT molecular complexity index is 1100. The number of nitrogens with one attached hydrogen (secondary N) is 1. The van der Waals surface area contributed by atoms with E-state index in [9.17, 15) is 14.7 Å². The van der Waals surface area contributed by atoms with Gasteiger partial charge in [-0.3, -0.25) is 4.79 Å². The molecule has 190 valence electrons. The number of hydrogen-bond donors (Lipinski definition) is 2. The van der Waals surface area contributed by atoms with Gasteiger partial charge in [0.25, 0.3) is 0 Å². The van der Waals surface area contributed by atoms with Crippen LogP contribution in [0.3, 0.4) is 0 Å². The number of para-hydroxylation sites is 1. The second-order valence-corrected chi connectivity index (χ2v) is 9.33. The summed E-state index contributed by atoms with van der Waals surface area (Å²) >= 11 is 0. The number of ether oxygens (including phenoxy) is 1. The molecule has 2 atom stereocenters. The molecule has 36 heavy (non-hydrogen) atoms. The Balaban J connectivity index is 1.56. The van der Waals surface area contributed by atoms with Crippen molar-refractivity contribution >= 4 is 11.9 Å². The number of benzene rings is 3. The molecular weight excluding hydrogens is 450 g/mol. The average Bonchev–Trinajstić information content (AvgIpc) is 2.90. The molecule has 0 aliphatic rings. The van der Waals surface area contributed by atoms with E-state index in [2.05, 4.69) is 18.3 Å². The van der Waals surface area contributed by atoms with E-state index >= 15 is 0 Å². The third-order valence-corrected chi connectivity index (χ3v) is 6.34. The Morgan fingerprint density at radius 3 is 2.31 bits per heavy atom. The minimum Gasteiger partial charge on any atom is -0.478 e. The molecular formula is C31H37NO4. The molecule has 0 radical (unpaired) electrons. The van der Waals surface area contributed by atoms with Gasteiger partial charge in [0.15, 0.2) is 6.10 Å². The van der Waals surface area contributed by atoms with Crippen LogP contribution in [0.4, 0.5) is 0 Å². The molecule has 2 N–H and O–H groups in total. The number of carboxylic acid groups (broad SMARTS) is 1. The lowest BCUT2D eigenvalue weighted by atomic mass is 9.99. The monoisotopic (exact) mass is 487 g/mol. The molecule has 0 spiro atoms. The molecule has 0 bridgehead atoms. The van der Waals surface area contributed by atoms with Crippen molar-refractivity contribution in [3.8, 4) is 16.9 Å². The van der Waals surface area contributed by atoms with Crippen molar-refractivity contribution in [2.24, 2.45) is 5.92 Å². The Labute approximate surface area is 214 Å². The summed E-state index contributed by atoms with van der Waals surface area (Å²) in [5.74, 6) is -0.325. The Morgan fingerprint density at radius 1 is 0.861 bits per heavy atom. The zero-order chi connectivity index (χ0) is 25.8. The number of carbonyl (C=O) groups is 2. The molecule has 1 amide bonds. The number of amides is 1. The number of carbonyl (C=O) groups excluding carboxylic acids is 1. The highest BCUT2D eigenvalue weighted by molar-refractivity contribution is 5.78. The molecule has 5 heteroatoms. The molecule has 0 heterocycles. The topological polar surface area (TPSA) is 75.6 Å².